The van der Waals surface area contributed by atoms with E-state index in [1.807, 2.05) is 0 Å². The minimum absolute atomic E-state index is 0.250. The van der Waals surface area contributed by atoms with Gasteiger partial charge < -0.3 is 0 Å². The Balaban J connectivity index is 0. The van der Waals surface area contributed by atoms with Gasteiger partial charge in [-0.15, -0.1) is 0 Å². The second-order valence-electron chi connectivity index (χ2n) is 1.89. The Morgan fingerprint density at radius 1 is 1.38 bits per heavy atom. The van der Waals surface area contributed by atoms with Crippen LogP contribution in [0.4, 0.5) is 0 Å². The van der Waals surface area contributed by atoms with Crippen molar-refractivity contribution >= 4 is 6.15 Å². The Kier molecular flexibility index (Phi) is 12.5. The molecule has 0 aromatic rings. The summed E-state index contributed by atoms with van der Waals surface area (Å²) in [5.74, 6) is 0.884. The first-order valence-corrected chi connectivity index (χ1v) is 2.68. The standard InChI is InChI=1S/C5H12.CO2/c1-4-5(2)3;2-1-3/h5H,4H2,1-3H3;. The van der Waals surface area contributed by atoms with E-state index in [2.05, 4.69) is 20.8 Å². The highest BCUT2D eigenvalue weighted by Gasteiger charge is 1.80. The molecule has 0 aromatic carbocycles. The fourth-order valence-electron chi connectivity index (χ4n) is 0. The number of hydrogen-bond acceptors (Lipinski definition) is 2. The highest BCUT2D eigenvalue weighted by molar-refractivity contribution is 5.20. The molecule has 2 nitrogen and oxygen atoms in total. The molecule has 0 atom stereocenters. The molecule has 0 aliphatic heterocycles. The van der Waals surface area contributed by atoms with Gasteiger partial charge in [0.05, 0.1) is 0 Å². The fraction of sp³-hybridized carbons (Fsp3) is 0.833. The van der Waals surface area contributed by atoms with E-state index in [4.69, 9.17) is 9.59 Å². The van der Waals surface area contributed by atoms with Crippen LogP contribution in [0.15, 0.2) is 0 Å². The molecule has 0 amide bonds. The first-order valence-electron chi connectivity index (χ1n) is 2.68. The molecule has 0 aliphatic rings. The molecule has 0 aliphatic carbocycles. The maximum Gasteiger partial charge on any atom is 0.373 e. The molecular formula is C6H12O2. The SMILES string of the molecule is CCC(C)C.O=C=O. The lowest BCUT2D eigenvalue weighted by molar-refractivity contribution is -0.191. The molecule has 48 valence electrons. The third-order valence-electron chi connectivity index (χ3n) is 0.816. The van der Waals surface area contributed by atoms with Gasteiger partial charge in [-0.25, -0.2) is 0 Å². The predicted octanol–water partition coefficient (Wildman–Crippen LogP) is 1.47. The van der Waals surface area contributed by atoms with Crippen LogP contribution >= 0.6 is 0 Å². The molecule has 2 heteroatoms. The van der Waals surface area contributed by atoms with Crippen molar-refractivity contribution in [1.82, 2.24) is 0 Å². The van der Waals surface area contributed by atoms with Crippen molar-refractivity contribution in [3.05, 3.63) is 0 Å². The van der Waals surface area contributed by atoms with E-state index in [0.29, 0.717) is 0 Å². The van der Waals surface area contributed by atoms with E-state index in [1.165, 1.54) is 6.42 Å². The summed E-state index contributed by atoms with van der Waals surface area (Å²) < 4.78 is 0. The Morgan fingerprint density at radius 3 is 1.50 bits per heavy atom. The van der Waals surface area contributed by atoms with Crippen molar-refractivity contribution in [2.24, 2.45) is 5.92 Å². The van der Waals surface area contributed by atoms with E-state index in [9.17, 15) is 0 Å². The van der Waals surface area contributed by atoms with Crippen LogP contribution in [0.3, 0.4) is 0 Å². The van der Waals surface area contributed by atoms with Crippen LogP contribution in [0.25, 0.3) is 0 Å². The summed E-state index contributed by atoms with van der Waals surface area (Å²) in [6, 6.07) is 0. The van der Waals surface area contributed by atoms with Gasteiger partial charge in [0.2, 0.25) is 0 Å². The van der Waals surface area contributed by atoms with Gasteiger partial charge in [-0.3, -0.25) is 0 Å². The first-order chi connectivity index (χ1) is 3.68. The fourth-order valence-corrected chi connectivity index (χ4v) is 0. The van der Waals surface area contributed by atoms with Crippen molar-refractivity contribution in [2.75, 3.05) is 0 Å². The van der Waals surface area contributed by atoms with Gasteiger partial charge in [-0.2, -0.15) is 9.59 Å². The summed E-state index contributed by atoms with van der Waals surface area (Å²) in [5, 5.41) is 0. The summed E-state index contributed by atoms with van der Waals surface area (Å²) in [7, 11) is 0. The summed E-state index contributed by atoms with van der Waals surface area (Å²) in [4.78, 5) is 16.2. The molecule has 0 N–H and O–H groups in total. The quantitative estimate of drug-likeness (QED) is 0.520. The molecule has 0 saturated carbocycles. The second kappa shape index (κ2) is 9.63. The van der Waals surface area contributed by atoms with Crippen LogP contribution in [-0.4, -0.2) is 6.15 Å². The van der Waals surface area contributed by atoms with Crippen LogP contribution in [0, 0.1) is 5.92 Å². The molecule has 0 bridgehead atoms. The zero-order valence-electron chi connectivity index (χ0n) is 5.60. The van der Waals surface area contributed by atoms with Crippen LogP contribution in [0.1, 0.15) is 27.2 Å². The predicted molar refractivity (Wildman–Crippen MR) is 30.1 cm³/mol. The van der Waals surface area contributed by atoms with Gasteiger partial charge >= 0.3 is 6.15 Å². The maximum atomic E-state index is 8.12. The summed E-state index contributed by atoms with van der Waals surface area (Å²) in [6.07, 6.45) is 1.56. The molecule has 0 heterocycles. The smallest absolute Gasteiger partial charge is 0.186 e. The largest absolute Gasteiger partial charge is 0.373 e. The van der Waals surface area contributed by atoms with E-state index >= 15 is 0 Å². The highest BCUT2D eigenvalue weighted by Crippen LogP contribution is 1.93. The average molecular weight is 116 g/mol. The highest BCUT2D eigenvalue weighted by atomic mass is 16.2. The lowest BCUT2D eigenvalue weighted by Gasteiger charge is -1.90. The van der Waals surface area contributed by atoms with Gasteiger partial charge in [-0.1, -0.05) is 27.2 Å². The van der Waals surface area contributed by atoms with Crippen molar-refractivity contribution in [2.45, 2.75) is 27.2 Å². The van der Waals surface area contributed by atoms with Gasteiger partial charge in [0.15, 0.2) is 0 Å². The Hall–Kier alpha value is -0.620. The summed E-state index contributed by atoms with van der Waals surface area (Å²) in [5.41, 5.74) is 0. The molecule has 8 heavy (non-hydrogen) atoms. The van der Waals surface area contributed by atoms with Gasteiger partial charge in [-0.05, 0) is 5.92 Å². The van der Waals surface area contributed by atoms with Crippen molar-refractivity contribution in [1.29, 1.82) is 0 Å². The molecular weight excluding hydrogens is 104 g/mol. The van der Waals surface area contributed by atoms with Crippen LogP contribution < -0.4 is 0 Å². The Bertz CT molecular complexity index is 60.9. The molecule has 0 radical (unpaired) electrons. The van der Waals surface area contributed by atoms with Gasteiger partial charge in [0.1, 0.15) is 0 Å². The number of carbonyl (C=O) groups excluding carboxylic acids is 2. The van der Waals surface area contributed by atoms with Crippen LogP contribution in [0.2, 0.25) is 0 Å². The minimum Gasteiger partial charge on any atom is -0.186 e. The molecule has 0 saturated heterocycles. The second-order valence-corrected chi connectivity index (χ2v) is 1.89. The number of hydrogen-bond donors (Lipinski definition) is 0. The molecule has 0 fully saturated rings. The number of rotatable bonds is 1. The maximum absolute atomic E-state index is 8.12. The zero-order valence-corrected chi connectivity index (χ0v) is 5.60. The van der Waals surface area contributed by atoms with E-state index < -0.39 is 0 Å². The van der Waals surface area contributed by atoms with E-state index in [1.54, 1.807) is 0 Å². The summed E-state index contributed by atoms with van der Waals surface area (Å²) in [6.45, 7) is 6.64. The summed E-state index contributed by atoms with van der Waals surface area (Å²) >= 11 is 0. The topological polar surface area (TPSA) is 34.1 Å². The normalized spacial score (nSPS) is 7.00. The molecule has 0 rings (SSSR count). The first kappa shape index (κ1) is 10.4. The third kappa shape index (κ3) is 54.2. The lowest BCUT2D eigenvalue weighted by Crippen LogP contribution is -1.77. The van der Waals surface area contributed by atoms with Crippen molar-refractivity contribution < 1.29 is 9.59 Å². The van der Waals surface area contributed by atoms with Crippen molar-refractivity contribution in [3.8, 4) is 0 Å². The van der Waals surface area contributed by atoms with Gasteiger partial charge in [0.25, 0.3) is 0 Å². The third-order valence-corrected chi connectivity index (χ3v) is 0.816. The average Bonchev–Trinajstić information content (AvgIpc) is 1.69. The zero-order chi connectivity index (χ0) is 6.99. The van der Waals surface area contributed by atoms with Gasteiger partial charge in [0, 0.05) is 0 Å². The van der Waals surface area contributed by atoms with E-state index in [-0.39, 0.29) is 6.15 Å². The van der Waals surface area contributed by atoms with Crippen LogP contribution in [-0.2, 0) is 9.59 Å². The lowest BCUT2D eigenvalue weighted by atomic mass is 10.2. The Morgan fingerprint density at radius 2 is 1.50 bits per heavy atom. The van der Waals surface area contributed by atoms with E-state index in [0.717, 1.165) is 5.92 Å². The Labute approximate surface area is 49.9 Å². The van der Waals surface area contributed by atoms with Crippen molar-refractivity contribution in [3.63, 3.8) is 0 Å². The molecule has 0 aromatic heterocycles. The molecule has 0 unspecified atom stereocenters. The van der Waals surface area contributed by atoms with Crippen LogP contribution in [0.5, 0.6) is 0 Å². The minimum atomic E-state index is 0.250. The monoisotopic (exact) mass is 116 g/mol. The molecule has 0 spiro atoms.